The van der Waals surface area contributed by atoms with Gasteiger partial charge >= 0.3 is 0 Å². The number of allylic oxidation sites excluding steroid dienone is 1. The minimum absolute atomic E-state index is 0.226. The molecule has 5 rings (SSSR count). The summed E-state index contributed by atoms with van der Waals surface area (Å²) < 4.78 is 12.9. The largest absolute Gasteiger partial charge is 0.497 e. The third-order valence-electron chi connectivity index (χ3n) is 6.07. The Labute approximate surface area is 209 Å². The fourth-order valence-corrected chi connectivity index (χ4v) is 4.28. The number of aromatic nitrogens is 3. The lowest BCUT2D eigenvalue weighted by atomic mass is 9.95. The first-order valence-electron chi connectivity index (χ1n) is 11.6. The van der Waals surface area contributed by atoms with Crippen molar-refractivity contribution < 1.29 is 14.3 Å². The van der Waals surface area contributed by atoms with Crippen LogP contribution in [-0.2, 0) is 11.4 Å². The fourth-order valence-electron chi connectivity index (χ4n) is 4.28. The number of nitrogens with zero attached hydrogens (tertiary/aromatic N) is 3. The molecule has 0 aliphatic carbocycles. The summed E-state index contributed by atoms with van der Waals surface area (Å²) in [6, 6.07) is 22.8. The zero-order chi connectivity index (χ0) is 25.1. The lowest BCUT2D eigenvalue weighted by molar-refractivity contribution is -0.113. The van der Waals surface area contributed by atoms with Gasteiger partial charge in [0, 0.05) is 11.4 Å². The van der Waals surface area contributed by atoms with Crippen molar-refractivity contribution in [2.45, 2.75) is 26.5 Å². The Kier molecular flexibility index (Phi) is 6.40. The van der Waals surface area contributed by atoms with E-state index in [1.807, 2.05) is 43.3 Å². The van der Waals surface area contributed by atoms with E-state index in [0.717, 1.165) is 22.6 Å². The van der Waals surface area contributed by atoms with Crippen LogP contribution in [0.1, 0.15) is 29.7 Å². The molecule has 0 spiro atoms. The maximum absolute atomic E-state index is 13.5. The van der Waals surface area contributed by atoms with Gasteiger partial charge in [-0.3, -0.25) is 4.79 Å². The first kappa shape index (κ1) is 23.2. The number of carbonyl (C=O) groups excluding carboxylic acids is 1. The quantitative estimate of drug-likeness (QED) is 0.382. The van der Waals surface area contributed by atoms with Crippen molar-refractivity contribution in [3.8, 4) is 11.5 Å². The predicted octanol–water partition coefficient (Wildman–Crippen LogP) is 5.10. The molecular formula is C28H27N5O3. The molecule has 36 heavy (non-hydrogen) atoms. The number of fused-ring (bicyclic) bond motifs is 1. The van der Waals surface area contributed by atoms with E-state index >= 15 is 0 Å². The van der Waals surface area contributed by atoms with E-state index in [0.29, 0.717) is 29.5 Å². The zero-order valence-corrected chi connectivity index (χ0v) is 20.4. The molecule has 8 heteroatoms. The zero-order valence-electron chi connectivity index (χ0n) is 20.4. The maximum Gasteiger partial charge on any atom is 0.255 e. The number of amides is 1. The highest BCUT2D eigenvalue weighted by Crippen LogP contribution is 2.36. The number of nitrogens with one attached hydrogen (secondary N) is 2. The Morgan fingerprint density at radius 3 is 2.50 bits per heavy atom. The monoisotopic (exact) mass is 481 g/mol. The van der Waals surface area contributed by atoms with Gasteiger partial charge in [0.25, 0.3) is 5.91 Å². The van der Waals surface area contributed by atoms with Crippen LogP contribution in [-0.4, -0.2) is 27.8 Å². The SMILES string of the molecule is COc1ccc(NC(=O)C2=C(C)Nc3ncnn3[C@H]2c2ccc(OCc3cccc(C)c3)cc2)cc1. The molecule has 0 saturated carbocycles. The summed E-state index contributed by atoms with van der Waals surface area (Å²) in [4.78, 5) is 17.8. The van der Waals surface area contributed by atoms with Gasteiger partial charge in [-0.1, -0.05) is 42.0 Å². The number of hydrogen-bond donors (Lipinski definition) is 2. The van der Waals surface area contributed by atoms with E-state index < -0.39 is 6.04 Å². The van der Waals surface area contributed by atoms with Crippen LogP contribution in [0.3, 0.4) is 0 Å². The van der Waals surface area contributed by atoms with Gasteiger partial charge in [0.1, 0.15) is 30.5 Å². The third-order valence-corrected chi connectivity index (χ3v) is 6.07. The van der Waals surface area contributed by atoms with Gasteiger partial charge in [-0.05, 0) is 61.4 Å². The van der Waals surface area contributed by atoms with E-state index in [2.05, 4.69) is 39.8 Å². The second-order valence-corrected chi connectivity index (χ2v) is 8.62. The number of carbonyl (C=O) groups is 1. The van der Waals surface area contributed by atoms with Crippen LogP contribution < -0.4 is 20.1 Å². The molecule has 1 amide bonds. The summed E-state index contributed by atoms with van der Waals surface area (Å²) in [7, 11) is 1.61. The van der Waals surface area contributed by atoms with Crippen molar-refractivity contribution >= 4 is 17.5 Å². The highest BCUT2D eigenvalue weighted by atomic mass is 16.5. The highest BCUT2D eigenvalue weighted by Gasteiger charge is 2.33. The van der Waals surface area contributed by atoms with Crippen molar-refractivity contribution in [2.75, 3.05) is 17.7 Å². The topological polar surface area (TPSA) is 90.3 Å². The predicted molar refractivity (Wildman–Crippen MR) is 138 cm³/mol. The van der Waals surface area contributed by atoms with Gasteiger partial charge in [0.15, 0.2) is 0 Å². The van der Waals surface area contributed by atoms with Crippen LogP contribution in [0.25, 0.3) is 0 Å². The number of ether oxygens (including phenoxy) is 2. The van der Waals surface area contributed by atoms with Crippen LogP contribution in [0.4, 0.5) is 11.6 Å². The van der Waals surface area contributed by atoms with E-state index in [1.54, 1.807) is 36.1 Å². The smallest absolute Gasteiger partial charge is 0.255 e. The van der Waals surface area contributed by atoms with E-state index in [4.69, 9.17) is 9.47 Å². The third kappa shape index (κ3) is 4.79. The number of anilines is 2. The molecule has 4 aromatic rings. The molecule has 8 nitrogen and oxygen atoms in total. The molecule has 1 atom stereocenters. The van der Waals surface area contributed by atoms with Crippen molar-refractivity contribution in [3.05, 3.63) is 107 Å². The second kappa shape index (κ2) is 9.95. The Morgan fingerprint density at radius 2 is 1.78 bits per heavy atom. The van der Waals surface area contributed by atoms with Gasteiger partial charge in [-0.25, -0.2) is 4.68 Å². The molecule has 182 valence electrons. The molecule has 1 aliphatic heterocycles. The molecule has 0 fully saturated rings. The van der Waals surface area contributed by atoms with Gasteiger partial charge in [0.05, 0.1) is 12.7 Å². The molecular weight excluding hydrogens is 454 g/mol. The first-order valence-corrected chi connectivity index (χ1v) is 11.6. The van der Waals surface area contributed by atoms with Gasteiger partial charge in [-0.2, -0.15) is 10.1 Å². The van der Waals surface area contributed by atoms with Gasteiger partial charge in [0.2, 0.25) is 5.95 Å². The van der Waals surface area contributed by atoms with Crippen LogP contribution in [0.15, 0.2) is 90.4 Å². The molecule has 0 bridgehead atoms. The summed E-state index contributed by atoms with van der Waals surface area (Å²) in [6.45, 7) is 4.41. The number of benzene rings is 3. The van der Waals surface area contributed by atoms with Crippen LogP contribution in [0.5, 0.6) is 11.5 Å². The number of aryl methyl sites for hydroxylation is 1. The normalized spacial score (nSPS) is 14.6. The summed E-state index contributed by atoms with van der Waals surface area (Å²) in [5.74, 6) is 1.82. The number of rotatable bonds is 7. The molecule has 0 unspecified atom stereocenters. The lowest BCUT2D eigenvalue weighted by Gasteiger charge is -2.28. The second-order valence-electron chi connectivity index (χ2n) is 8.62. The molecule has 2 N–H and O–H groups in total. The van der Waals surface area contributed by atoms with Crippen molar-refractivity contribution in [1.82, 2.24) is 14.8 Å². The Hall–Kier alpha value is -4.59. The van der Waals surface area contributed by atoms with E-state index in [-0.39, 0.29) is 5.91 Å². The average molecular weight is 482 g/mol. The van der Waals surface area contributed by atoms with Gasteiger partial charge < -0.3 is 20.1 Å². The Balaban J connectivity index is 1.39. The number of hydrogen-bond acceptors (Lipinski definition) is 6. The van der Waals surface area contributed by atoms with Gasteiger partial charge in [-0.15, -0.1) is 0 Å². The summed E-state index contributed by atoms with van der Waals surface area (Å²) >= 11 is 0. The van der Waals surface area contributed by atoms with Crippen LogP contribution in [0, 0.1) is 6.92 Å². The average Bonchev–Trinajstić information content (AvgIpc) is 3.35. The molecule has 0 saturated heterocycles. The minimum Gasteiger partial charge on any atom is -0.497 e. The summed E-state index contributed by atoms with van der Waals surface area (Å²) in [5, 5.41) is 10.6. The Bertz CT molecular complexity index is 1410. The summed E-state index contributed by atoms with van der Waals surface area (Å²) in [6.07, 6.45) is 1.48. The minimum atomic E-state index is -0.451. The number of methoxy groups -OCH3 is 1. The van der Waals surface area contributed by atoms with Crippen LogP contribution in [0.2, 0.25) is 0 Å². The lowest BCUT2D eigenvalue weighted by Crippen LogP contribution is -2.31. The molecule has 3 aromatic carbocycles. The highest BCUT2D eigenvalue weighted by molar-refractivity contribution is 6.06. The Morgan fingerprint density at radius 1 is 1.03 bits per heavy atom. The van der Waals surface area contributed by atoms with Crippen molar-refractivity contribution in [2.24, 2.45) is 0 Å². The van der Waals surface area contributed by atoms with Crippen LogP contribution >= 0.6 is 0 Å². The fraction of sp³-hybridized carbons (Fsp3) is 0.179. The molecule has 2 heterocycles. The van der Waals surface area contributed by atoms with E-state index in [9.17, 15) is 4.79 Å². The molecule has 1 aromatic heterocycles. The first-order chi connectivity index (χ1) is 17.5. The summed E-state index contributed by atoms with van der Waals surface area (Å²) in [5.41, 5.74) is 5.14. The van der Waals surface area contributed by atoms with E-state index in [1.165, 1.54) is 11.9 Å². The molecule has 1 aliphatic rings. The standard InChI is InChI=1S/C28H27N5O3/c1-18-5-4-6-20(15-18)16-36-24-11-7-21(8-12-24)26-25(19(2)31-28-29-17-30-33(26)28)27(34)32-22-9-13-23(35-3)14-10-22/h4-15,17,26H,16H2,1-3H3,(H,32,34)(H,29,30,31)/t26-/m0/s1. The maximum atomic E-state index is 13.5. The van der Waals surface area contributed by atoms with Crippen molar-refractivity contribution in [1.29, 1.82) is 0 Å². The van der Waals surface area contributed by atoms with Crippen molar-refractivity contribution in [3.63, 3.8) is 0 Å². The molecule has 0 radical (unpaired) electrons.